The van der Waals surface area contributed by atoms with Crippen LogP contribution in [0.15, 0.2) is 53.5 Å². The summed E-state index contributed by atoms with van der Waals surface area (Å²) < 4.78 is 11.0. The monoisotopic (exact) mass is 568 g/mol. The highest BCUT2D eigenvalue weighted by Gasteiger charge is 2.14. The molecule has 0 heterocycles. The van der Waals surface area contributed by atoms with Crippen molar-refractivity contribution in [2.75, 3.05) is 19.0 Å². The minimum Gasteiger partial charge on any atom is -0.491 e. The second-order valence-electron chi connectivity index (χ2n) is 8.83. The number of carbonyl (C=O) groups excluding carboxylic acids is 1. The summed E-state index contributed by atoms with van der Waals surface area (Å²) in [5.41, 5.74) is 2.69. The number of hydrogen-bond donors (Lipinski definition) is 3. The molecule has 0 aliphatic rings. The molecular formula is C25H37IN4O3. The van der Waals surface area contributed by atoms with Crippen LogP contribution < -0.4 is 20.7 Å². The van der Waals surface area contributed by atoms with E-state index >= 15 is 0 Å². The van der Waals surface area contributed by atoms with E-state index in [2.05, 4.69) is 16.0 Å². The number of benzene rings is 2. The van der Waals surface area contributed by atoms with E-state index < -0.39 is 0 Å². The summed E-state index contributed by atoms with van der Waals surface area (Å²) in [6, 6.07) is 15.7. The van der Waals surface area contributed by atoms with Gasteiger partial charge in [0.05, 0.1) is 25.8 Å². The van der Waals surface area contributed by atoms with E-state index in [9.17, 15) is 4.79 Å². The molecule has 182 valence electrons. The lowest BCUT2D eigenvalue weighted by Gasteiger charge is -2.21. The number of rotatable bonds is 9. The van der Waals surface area contributed by atoms with Crippen molar-refractivity contribution in [3.63, 3.8) is 0 Å². The maximum Gasteiger partial charge on any atom is 0.239 e. The first kappa shape index (κ1) is 28.7. The molecule has 0 bridgehead atoms. The first-order valence-corrected chi connectivity index (χ1v) is 10.8. The Bertz CT molecular complexity index is 893. The van der Waals surface area contributed by atoms with Crippen LogP contribution >= 0.6 is 24.0 Å². The van der Waals surface area contributed by atoms with Crippen LogP contribution in [0.5, 0.6) is 5.75 Å². The number of anilines is 1. The number of methoxy groups -OCH3 is 1. The molecule has 1 amide bonds. The zero-order chi connectivity index (χ0) is 23.6. The molecule has 0 spiro atoms. The Morgan fingerprint density at radius 3 is 2.24 bits per heavy atom. The molecule has 0 unspecified atom stereocenters. The van der Waals surface area contributed by atoms with Crippen LogP contribution in [0.25, 0.3) is 0 Å². The normalized spacial score (nSPS) is 11.5. The van der Waals surface area contributed by atoms with Crippen LogP contribution in [-0.4, -0.2) is 37.2 Å². The highest BCUT2D eigenvalue weighted by Crippen LogP contribution is 2.17. The Labute approximate surface area is 214 Å². The van der Waals surface area contributed by atoms with E-state index in [4.69, 9.17) is 14.5 Å². The molecule has 0 saturated heterocycles. The number of amides is 1. The highest BCUT2D eigenvalue weighted by molar-refractivity contribution is 14.0. The number of guanidine groups is 1. The summed E-state index contributed by atoms with van der Waals surface area (Å²) >= 11 is 0. The SMILES string of the molecule is COCc1ccccc1CN=C(NCC(=O)NC(C)(C)C)Nc1ccc(OC(C)C)cc1.I. The van der Waals surface area contributed by atoms with Crippen LogP contribution in [0.3, 0.4) is 0 Å². The zero-order valence-corrected chi connectivity index (χ0v) is 22.7. The fraction of sp³-hybridized carbons (Fsp3) is 0.440. The van der Waals surface area contributed by atoms with Crippen molar-refractivity contribution in [1.29, 1.82) is 0 Å². The smallest absolute Gasteiger partial charge is 0.239 e. The molecule has 0 aromatic heterocycles. The largest absolute Gasteiger partial charge is 0.491 e. The lowest BCUT2D eigenvalue weighted by atomic mass is 10.1. The van der Waals surface area contributed by atoms with Gasteiger partial charge in [-0.15, -0.1) is 24.0 Å². The van der Waals surface area contributed by atoms with Crippen molar-refractivity contribution in [1.82, 2.24) is 10.6 Å². The first-order valence-electron chi connectivity index (χ1n) is 10.8. The van der Waals surface area contributed by atoms with Crippen molar-refractivity contribution in [2.24, 2.45) is 4.99 Å². The lowest BCUT2D eigenvalue weighted by molar-refractivity contribution is -0.121. The van der Waals surface area contributed by atoms with Gasteiger partial charge in [0.25, 0.3) is 0 Å². The zero-order valence-electron chi connectivity index (χ0n) is 20.4. The topological polar surface area (TPSA) is 84.0 Å². The molecule has 0 saturated carbocycles. The van der Waals surface area contributed by atoms with Crippen LogP contribution in [0.2, 0.25) is 0 Å². The second-order valence-corrected chi connectivity index (χ2v) is 8.83. The number of hydrogen-bond acceptors (Lipinski definition) is 4. The molecule has 2 aromatic rings. The van der Waals surface area contributed by atoms with E-state index in [1.54, 1.807) is 7.11 Å². The quantitative estimate of drug-likeness (QED) is 0.232. The van der Waals surface area contributed by atoms with Gasteiger partial charge in [-0.3, -0.25) is 4.79 Å². The van der Waals surface area contributed by atoms with Gasteiger partial charge < -0.3 is 25.4 Å². The van der Waals surface area contributed by atoms with Gasteiger partial charge in [-0.2, -0.15) is 0 Å². The summed E-state index contributed by atoms with van der Waals surface area (Å²) in [6.45, 7) is 10.9. The van der Waals surface area contributed by atoms with Crippen molar-refractivity contribution < 1.29 is 14.3 Å². The summed E-state index contributed by atoms with van der Waals surface area (Å²) in [5, 5.41) is 9.34. The number of carbonyl (C=O) groups is 1. The number of nitrogens with one attached hydrogen (secondary N) is 3. The second kappa shape index (κ2) is 14.0. The Kier molecular flexibility index (Phi) is 12.2. The van der Waals surface area contributed by atoms with Crippen molar-refractivity contribution >= 4 is 41.5 Å². The molecule has 0 aliphatic heterocycles. The fourth-order valence-corrected chi connectivity index (χ4v) is 2.96. The van der Waals surface area contributed by atoms with Gasteiger partial charge in [-0.1, -0.05) is 24.3 Å². The Morgan fingerprint density at radius 2 is 1.67 bits per heavy atom. The van der Waals surface area contributed by atoms with E-state index in [0.717, 1.165) is 22.6 Å². The summed E-state index contributed by atoms with van der Waals surface area (Å²) in [5.74, 6) is 1.21. The third kappa shape index (κ3) is 11.4. The Hall–Kier alpha value is -2.33. The maximum atomic E-state index is 12.3. The van der Waals surface area contributed by atoms with Gasteiger partial charge in [-0.25, -0.2) is 4.99 Å². The molecule has 33 heavy (non-hydrogen) atoms. The van der Waals surface area contributed by atoms with Gasteiger partial charge in [0, 0.05) is 18.3 Å². The van der Waals surface area contributed by atoms with E-state index in [0.29, 0.717) is 19.1 Å². The number of nitrogens with zero attached hydrogens (tertiary/aromatic N) is 1. The molecule has 0 radical (unpaired) electrons. The van der Waals surface area contributed by atoms with Crippen LogP contribution in [0.4, 0.5) is 5.69 Å². The van der Waals surface area contributed by atoms with Gasteiger partial charge in [0.15, 0.2) is 5.96 Å². The summed E-state index contributed by atoms with van der Waals surface area (Å²) in [4.78, 5) is 17.0. The molecule has 8 heteroatoms. The minimum absolute atomic E-state index is 0. The highest BCUT2D eigenvalue weighted by atomic mass is 127. The van der Waals surface area contributed by atoms with E-state index in [-0.39, 0.29) is 48.1 Å². The lowest BCUT2D eigenvalue weighted by Crippen LogP contribution is -2.46. The predicted molar refractivity (Wildman–Crippen MR) is 145 cm³/mol. The Balaban J connectivity index is 0.00000544. The molecule has 2 rings (SSSR count). The average molecular weight is 569 g/mol. The third-order valence-electron chi connectivity index (χ3n) is 4.25. The van der Waals surface area contributed by atoms with Crippen LogP contribution in [-0.2, 0) is 22.7 Å². The van der Waals surface area contributed by atoms with Crippen LogP contribution in [0.1, 0.15) is 45.7 Å². The van der Waals surface area contributed by atoms with E-state index in [1.807, 2.05) is 83.1 Å². The maximum absolute atomic E-state index is 12.3. The molecule has 0 fully saturated rings. The minimum atomic E-state index is -0.297. The number of ether oxygens (including phenoxy) is 2. The average Bonchev–Trinajstić information content (AvgIpc) is 2.71. The molecule has 0 aliphatic carbocycles. The van der Waals surface area contributed by atoms with Gasteiger partial charge in [0.2, 0.25) is 5.91 Å². The fourth-order valence-electron chi connectivity index (χ4n) is 2.96. The van der Waals surface area contributed by atoms with E-state index in [1.165, 1.54) is 0 Å². The standard InChI is InChI=1S/C25H36N4O3.HI/c1-18(2)32-22-13-11-21(12-14-22)28-24(27-16-23(30)29-25(3,4)5)26-15-19-9-7-8-10-20(19)17-31-6;/h7-14,18H,15-17H2,1-6H3,(H,29,30)(H2,26,27,28);1H. The van der Waals surface area contributed by atoms with Crippen molar-refractivity contribution in [3.8, 4) is 5.75 Å². The molecule has 2 aromatic carbocycles. The molecule has 0 atom stereocenters. The summed E-state index contributed by atoms with van der Waals surface area (Å²) in [7, 11) is 1.68. The molecule has 7 nitrogen and oxygen atoms in total. The van der Waals surface area contributed by atoms with Gasteiger partial charge in [-0.05, 0) is 70.0 Å². The predicted octanol–water partition coefficient (Wildman–Crippen LogP) is 4.71. The van der Waals surface area contributed by atoms with Gasteiger partial charge in [0.1, 0.15) is 5.75 Å². The third-order valence-corrected chi connectivity index (χ3v) is 4.25. The van der Waals surface area contributed by atoms with Crippen LogP contribution in [0, 0.1) is 0 Å². The first-order chi connectivity index (χ1) is 15.2. The number of halogens is 1. The van der Waals surface area contributed by atoms with Crippen molar-refractivity contribution in [2.45, 2.75) is 59.4 Å². The van der Waals surface area contributed by atoms with Crippen molar-refractivity contribution in [3.05, 3.63) is 59.7 Å². The summed E-state index contributed by atoms with van der Waals surface area (Å²) in [6.07, 6.45) is 0.112. The molecule has 3 N–H and O–H groups in total. The van der Waals surface area contributed by atoms with Gasteiger partial charge >= 0.3 is 0 Å². The number of aliphatic imine (C=N–C) groups is 1. The molecular weight excluding hydrogens is 531 g/mol. The Morgan fingerprint density at radius 1 is 1.03 bits per heavy atom.